The molecule has 0 spiro atoms. The number of hydrogen-bond donors (Lipinski definition) is 1. The molecule has 1 aromatic rings. The van der Waals surface area contributed by atoms with E-state index in [2.05, 4.69) is 25.3 Å². The van der Waals surface area contributed by atoms with Crippen LogP contribution >= 0.6 is 0 Å². The zero-order chi connectivity index (χ0) is 20.2. The van der Waals surface area contributed by atoms with Gasteiger partial charge in [0.25, 0.3) is 0 Å². The molecule has 1 aliphatic carbocycles. The molecule has 3 aliphatic rings. The van der Waals surface area contributed by atoms with Crippen molar-refractivity contribution in [2.75, 3.05) is 39.9 Å². The lowest BCUT2D eigenvalue weighted by Crippen LogP contribution is -2.57. The maximum atomic E-state index is 5.21. The molecule has 8 heteroatoms. The van der Waals surface area contributed by atoms with Gasteiger partial charge in [0.1, 0.15) is 12.4 Å². The van der Waals surface area contributed by atoms with Crippen LogP contribution in [0.2, 0.25) is 0 Å². The maximum absolute atomic E-state index is 5.21. The number of nitrogens with zero attached hydrogens (tertiary/aromatic N) is 6. The zero-order valence-corrected chi connectivity index (χ0v) is 18.3. The highest BCUT2D eigenvalue weighted by Crippen LogP contribution is 2.38. The fourth-order valence-corrected chi connectivity index (χ4v) is 4.91. The van der Waals surface area contributed by atoms with E-state index in [9.17, 15) is 0 Å². The Morgan fingerprint density at radius 3 is 2.79 bits per heavy atom. The van der Waals surface area contributed by atoms with Gasteiger partial charge >= 0.3 is 0 Å². The first kappa shape index (κ1) is 20.6. The van der Waals surface area contributed by atoms with Gasteiger partial charge in [0, 0.05) is 52.5 Å². The molecule has 3 fully saturated rings. The molecule has 2 atom stereocenters. The molecule has 4 rings (SSSR count). The number of aryl methyl sites for hydroxylation is 1. The predicted octanol–water partition coefficient (Wildman–Crippen LogP) is 1.55. The third-order valence-electron chi connectivity index (χ3n) is 6.79. The summed E-state index contributed by atoms with van der Waals surface area (Å²) in [6, 6.07) is 1.66. The molecule has 162 valence electrons. The first-order valence-electron chi connectivity index (χ1n) is 11.3. The minimum atomic E-state index is 0.558. The largest absolute Gasteiger partial charge is 0.385 e. The van der Waals surface area contributed by atoms with E-state index in [1.807, 2.05) is 18.5 Å². The zero-order valence-electron chi connectivity index (χ0n) is 18.3. The van der Waals surface area contributed by atoms with E-state index in [1.54, 1.807) is 7.11 Å². The number of likely N-dealkylation sites (tertiary alicyclic amines) is 2. The van der Waals surface area contributed by atoms with Crippen molar-refractivity contribution >= 4 is 5.96 Å². The average molecular weight is 404 g/mol. The van der Waals surface area contributed by atoms with Crippen LogP contribution < -0.4 is 5.32 Å². The van der Waals surface area contributed by atoms with Crippen molar-refractivity contribution < 1.29 is 4.74 Å². The lowest BCUT2D eigenvalue weighted by molar-refractivity contribution is 0.0369. The molecule has 0 bridgehead atoms. The van der Waals surface area contributed by atoms with Gasteiger partial charge in [-0.25, -0.2) is 4.99 Å². The number of nitrogens with one attached hydrogen (secondary N) is 1. The Kier molecular flexibility index (Phi) is 6.70. The first-order valence-corrected chi connectivity index (χ1v) is 11.3. The summed E-state index contributed by atoms with van der Waals surface area (Å²) < 4.78 is 7.23. The van der Waals surface area contributed by atoms with Gasteiger partial charge in [0.15, 0.2) is 11.8 Å². The van der Waals surface area contributed by atoms with Crippen LogP contribution in [0.25, 0.3) is 0 Å². The smallest absolute Gasteiger partial charge is 0.194 e. The highest BCUT2D eigenvalue weighted by molar-refractivity contribution is 5.80. The standard InChI is InChI=1S/C21H37N7O/c1-16-24-25-20(26(16)2)14-23-21(22-10-5-13-29-3)27-12-9-19-17(15-27)6-4-11-28(19)18-7-8-18/h17-19H,4-15H2,1-3H3,(H,22,23). The number of ether oxygens (including phenoxy) is 1. The summed E-state index contributed by atoms with van der Waals surface area (Å²) in [5.41, 5.74) is 0. The van der Waals surface area contributed by atoms with Crippen LogP contribution in [0.5, 0.6) is 0 Å². The highest BCUT2D eigenvalue weighted by Gasteiger charge is 2.42. The van der Waals surface area contributed by atoms with E-state index in [1.165, 1.54) is 38.6 Å². The second kappa shape index (κ2) is 9.43. The lowest BCUT2D eigenvalue weighted by atomic mass is 9.83. The number of aliphatic imine (C=N–C) groups is 1. The van der Waals surface area contributed by atoms with Crippen molar-refractivity contribution in [2.24, 2.45) is 18.0 Å². The van der Waals surface area contributed by atoms with Crippen LogP contribution in [-0.4, -0.2) is 82.5 Å². The molecule has 1 N–H and O–H groups in total. The van der Waals surface area contributed by atoms with Crippen LogP contribution in [0.4, 0.5) is 0 Å². The Balaban J connectivity index is 1.42. The molecular formula is C21H37N7O. The summed E-state index contributed by atoms with van der Waals surface area (Å²) in [4.78, 5) is 10.3. The van der Waals surface area contributed by atoms with Crippen molar-refractivity contribution in [1.82, 2.24) is 29.9 Å². The third-order valence-corrected chi connectivity index (χ3v) is 6.79. The number of rotatable bonds is 7. The molecule has 2 saturated heterocycles. The van der Waals surface area contributed by atoms with Gasteiger partial charge in [-0.2, -0.15) is 0 Å². The van der Waals surface area contributed by atoms with Gasteiger partial charge in [-0.1, -0.05) is 0 Å². The minimum absolute atomic E-state index is 0.558. The van der Waals surface area contributed by atoms with Crippen molar-refractivity contribution in [3.8, 4) is 0 Å². The summed E-state index contributed by atoms with van der Waals surface area (Å²) in [5, 5.41) is 12.0. The van der Waals surface area contributed by atoms with E-state index in [0.29, 0.717) is 6.54 Å². The van der Waals surface area contributed by atoms with Crippen LogP contribution in [0.15, 0.2) is 4.99 Å². The molecule has 1 saturated carbocycles. The summed E-state index contributed by atoms with van der Waals surface area (Å²) in [6.07, 6.45) is 7.76. The molecule has 3 heterocycles. The van der Waals surface area contributed by atoms with Crippen molar-refractivity contribution in [3.63, 3.8) is 0 Å². The molecule has 29 heavy (non-hydrogen) atoms. The van der Waals surface area contributed by atoms with Crippen LogP contribution in [0, 0.1) is 12.8 Å². The molecular weight excluding hydrogens is 366 g/mol. The SMILES string of the molecule is COCCCNC(=NCc1nnc(C)n1C)N1CCC2C(CCCN2C2CC2)C1. The Morgan fingerprint density at radius 2 is 2.07 bits per heavy atom. The lowest BCUT2D eigenvalue weighted by Gasteiger charge is -2.48. The molecule has 1 aromatic heterocycles. The van der Waals surface area contributed by atoms with Gasteiger partial charge in [-0.15, -0.1) is 10.2 Å². The van der Waals surface area contributed by atoms with Crippen molar-refractivity contribution in [3.05, 3.63) is 11.6 Å². The van der Waals surface area contributed by atoms with Gasteiger partial charge in [0.05, 0.1) is 0 Å². The van der Waals surface area contributed by atoms with E-state index >= 15 is 0 Å². The summed E-state index contributed by atoms with van der Waals surface area (Å²) >= 11 is 0. The normalized spacial score (nSPS) is 25.9. The topological polar surface area (TPSA) is 70.8 Å². The number of fused-ring (bicyclic) bond motifs is 1. The number of hydrogen-bond acceptors (Lipinski definition) is 5. The minimum Gasteiger partial charge on any atom is -0.385 e. The Bertz CT molecular complexity index is 699. The van der Waals surface area contributed by atoms with Gasteiger partial charge in [-0.3, -0.25) is 4.90 Å². The van der Waals surface area contributed by atoms with Crippen LogP contribution in [0.1, 0.15) is 50.2 Å². The first-order chi connectivity index (χ1) is 14.2. The third kappa shape index (κ3) is 4.91. The monoisotopic (exact) mass is 403 g/mol. The van der Waals surface area contributed by atoms with Gasteiger partial charge in [0.2, 0.25) is 0 Å². The van der Waals surface area contributed by atoms with Gasteiger partial charge < -0.3 is 19.5 Å². The predicted molar refractivity (Wildman–Crippen MR) is 114 cm³/mol. The number of piperidine rings is 2. The summed E-state index contributed by atoms with van der Waals surface area (Å²) in [5.74, 6) is 3.61. The van der Waals surface area contributed by atoms with E-state index in [0.717, 1.165) is 68.3 Å². The molecule has 2 unspecified atom stereocenters. The van der Waals surface area contributed by atoms with Crippen LogP contribution in [0.3, 0.4) is 0 Å². The van der Waals surface area contributed by atoms with E-state index in [4.69, 9.17) is 9.73 Å². The fourth-order valence-electron chi connectivity index (χ4n) is 4.91. The Labute approximate surface area is 174 Å². The molecule has 0 radical (unpaired) electrons. The molecule has 8 nitrogen and oxygen atoms in total. The highest BCUT2D eigenvalue weighted by atomic mass is 16.5. The van der Waals surface area contributed by atoms with Gasteiger partial charge in [-0.05, 0) is 57.9 Å². The number of guanidine groups is 1. The quantitative estimate of drug-likeness (QED) is 0.423. The van der Waals surface area contributed by atoms with Crippen LogP contribution in [-0.2, 0) is 18.3 Å². The molecule has 0 amide bonds. The van der Waals surface area contributed by atoms with E-state index < -0.39 is 0 Å². The summed E-state index contributed by atoms with van der Waals surface area (Å²) in [6.45, 7) is 7.69. The van der Waals surface area contributed by atoms with Crippen molar-refractivity contribution in [2.45, 2.75) is 64.1 Å². The average Bonchev–Trinajstić information content (AvgIpc) is 3.54. The molecule has 2 aliphatic heterocycles. The van der Waals surface area contributed by atoms with E-state index in [-0.39, 0.29) is 0 Å². The maximum Gasteiger partial charge on any atom is 0.194 e. The number of methoxy groups -OCH3 is 1. The van der Waals surface area contributed by atoms with Crippen molar-refractivity contribution in [1.29, 1.82) is 0 Å². The Morgan fingerprint density at radius 1 is 1.21 bits per heavy atom. The summed E-state index contributed by atoms with van der Waals surface area (Å²) in [7, 11) is 3.76. The second-order valence-corrected chi connectivity index (χ2v) is 8.81. The Hall–Kier alpha value is -1.67. The fraction of sp³-hybridized carbons (Fsp3) is 0.857. The number of aromatic nitrogens is 3. The second-order valence-electron chi connectivity index (χ2n) is 8.81. The molecule has 0 aromatic carbocycles.